The molecule has 0 fully saturated rings. The van der Waals surface area contributed by atoms with Crippen molar-refractivity contribution in [3.8, 4) is 0 Å². The number of hydrogen-bond donors (Lipinski definition) is 0. The number of benzene rings is 1. The molecule has 1 radical (unpaired) electrons. The average molecular weight is 257 g/mol. The first-order valence-electron chi connectivity index (χ1n) is 6.94. The van der Waals surface area contributed by atoms with Crippen LogP contribution >= 0.6 is 0 Å². The Morgan fingerprint density at radius 1 is 1.11 bits per heavy atom. The van der Waals surface area contributed by atoms with E-state index in [-0.39, 0.29) is 0 Å². The Morgan fingerprint density at radius 3 is 2.53 bits per heavy atom. The van der Waals surface area contributed by atoms with Crippen LogP contribution in [0.25, 0.3) is 0 Å². The lowest BCUT2D eigenvalue weighted by Gasteiger charge is -2.03. The molecule has 1 rings (SSSR count). The maximum absolute atomic E-state index is 5.64. The molecule has 0 heterocycles. The summed E-state index contributed by atoms with van der Waals surface area (Å²) in [6.07, 6.45) is 7.56. The Morgan fingerprint density at radius 2 is 1.84 bits per heavy atom. The van der Waals surface area contributed by atoms with Crippen molar-refractivity contribution in [3.05, 3.63) is 66.1 Å². The summed E-state index contributed by atoms with van der Waals surface area (Å²) in [5.74, 6) is 0. The van der Waals surface area contributed by atoms with E-state index in [9.17, 15) is 0 Å². The Labute approximate surface area is 118 Å². The molecule has 1 aromatic rings. The Balaban J connectivity index is 2.18. The number of hydrogen-bond acceptors (Lipinski definition) is 1. The van der Waals surface area contributed by atoms with Crippen molar-refractivity contribution >= 4 is 0 Å². The Hall–Kier alpha value is -1.34. The van der Waals surface area contributed by atoms with Gasteiger partial charge in [-0.15, -0.1) is 0 Å². The van der Waals surface area contributed by atoms with E-state index in [0.29, 0.717) is 13.2 Å². The van der Waals surface area contributed by atoms with Gasteiger partial charge in [0.25, 0.3) is 0 Å². The minimum atomic E-state index is 0.686. The second-order valence-electron chi connectivity index (χ2n) is 4.89. The van der Waals surface area contributed by atoms with Gasteiger partial charge in [0.2, 0.25) is 0 Å². The third-order valence-electron chi connectivity index (χ3n) is 3.09. The lowest BCUT2D eigenvalue weighted by atomic mass is 10.1. The van der Waals surface area contributed by atoms with Crippen molar-refractivity contribution in [2.24, 2.45) is 0 Å². The lowest BCUT2D eigenvalue weighted by Crippen LogP contribution is -1.93. The molecule has 0 unspecified atom stereocenters. The molecule has 0 aromatic heterocycles. The first-order valence-corrected chi connectivity index (χ1v) is 6.94. The van der Waals surface area contributed by atoms with Gasteiger partial charge >= 0.3 is 0 Å². The Bertz CT molecular complexity index is 401. The molecule has 103 valence electrons. The summed E-state index contributed by atoms with van der Waals surface area (Å²) in [4.78, 5) is 0. The molecule has 0 aliphatic rings. The van der Waals surface area contributed by atoms with Gasteiger partial charge in [-0.25, -0.2) is 0 Å². The summed E-state index contributed by atoms with van der Waals surface area (Å²) in [5.41, 5.74) is 3.98. The van der Waals surface area contributed by atoms with E-state index in [4.69, 9.17) is 4.74 Å². The van der Waals surface area contributed by atoms with Crippen LogP contribution in [-0.2, 0) is 11.3 Å². The second-order valence-corrected chi connectivity index (χ2v) is 4.89. The summed E-state index contributed by atoms with van der Waals surface area (Å²) in [6.45, 7) is 9.55. The minimum absolute atomic E-state index is 0.686. The van der Waals surface area contributed by atoms with Gasteiger partial charge in [-0.05, 0) is 45.6 Å². The molecule has 1 nitrogen and oxygen atoms in total. The van der Waals surface area contributed by atoms with Crippen molar-refractivity contribution < 1.29 is 4.74 Å². The zero-order valence-corrected chi connectivity index (χ0v) is 12.2. The van der Waals surface area contributed by atoms with Crippen molar-refractivity contribution in [1.29, 1.82) is 0 Å². The molecule has 0 saturated carbocycles. The topological polar surface area (TPSA) is 9.23 Å². The van der Waals surface area contributed by atoms with Crippen LogP contribution in [0.2, 0.25) is 0 Å². The first-order chi connectivity index (χ1) is 9.22. The summed E-state index contributed by atoms with van der Waals surface area (Å²) in [5, 5.41) is 0. The molecule has 0 aliphatic carbocycles. The van der Waals surface area contributed by atoms with Gasteiger partial charge in [-0.2, -0.15) is 0 Å². The normalized spacial score (nSPS) is 12.8. The largest absolute Gasteiger partial charge is 0.373 e. The maximum atomic E-state index is 5.64. The first kappa shape index (κ1) is 15.7. The van der Waals surface area contributed by atoms with Crippen LogP contribution in [0.4, 0.5) is 0 Å². The third-order valence-corrected chi connectivity index (χ3v) is 3.09. The molecule has 1 aromatic carbocycles. The third kappa shape index (κ3) is 7.63. The highest BCUT2D eigenvalue weighted by atomic mass is 16.5. The molecule has 0 N–H and O–H groups in total. The van der Waals surface area contributed by atoms with E-state index < -0.39 is 0 Å². The quantitative estimate of drug-likeness (QED) is 0.465. The van der Waals surface area contributed by atoms with Gasteiger partial charge in [0, 0.05) is 0 Å². The van der Waals surface area contributed by atoms with Crippen molar-refractivity contribution in [3.63, 3.8) is 0 Å². The average Bonchev–Trinajstić information content (AvgIpc) is 2.44. The summed E-state index contributed by atoms with van der Waals surface area (Å²) < 4.78 is 5.64. The maximum Gasteiger partial charge on any atom is 0.0721 e. The van der Waals surface area contributed by atoms with Crippen molar-refractivity contribution in [2.75, 3.05) is 6.61 Å². The van der Waals surface area contributed by atoms with E-state index >= 15 is 0 Å². The summed E-state index contributed by atoms with van der Waals surface area (Å²) >= 11 is 0. The SMILES string of the molecule is [CH2]C/C(C)=C/CC/C(C)=C/COCc1ccccc1. The molecule has 0 spiro atoms. The van der Waals surface area contributed by atoms with E-state index in [0.717, 1.165) is 19.3 Å². The minimum Gasteiger partial charge on any atom is -0.373 e. The standard InChI is InChI=1S/C18H25O/c1-4-16(2)9-8-10-17(3)13-14-19-15-18-11-6-5-7-12-18/h5-7,9,11-13H,1,4,8,10,14-15H2,2-3H3/b16-9+,17-13+. The van der Waals surface area contributed by atoms with Gasteiger partial charge in [-0.3, -0.25) is 0 Å². The van der Waals surface area contributed by atoms with Crippen LogP contribution in [0.1, 0.15) is 38.7 Å². The van der Waals surface area contributed by atoms with Crippen LogP contribution in [0, 0.1) is 6.92 Å². The second kappa shape index (κ2) is 9.57. The van der Waals surface area contributed by atoms with Gasteiger partial charge < -0.3 is 4.74 Å². The van der Waals surface area contributed by atoms with Crippen molar-refractivity contribution in [1.82, 2.24) is 0 Å². The number of allylic oxidation sites excluding steroid dienone is 3. The van der Waals surface area contributed by atoms with Crippen LogP contribution in [-0.4, -0.2) is 6.61 Å². The zero-order chi connectivity index (χ0) is 13.9. The highest BCUT2D eigenvalue weighted by molar-refractivity contribution is 5.13. The van der Waals surface area contributed by atoms with E-state index in [2.05, 4.69) is 45.1 Å². The number of rotatable bonds is 8. The number of ether oxygens (including phenoxy) is 1. The highest BCUT2D eigenvalue weighted by Gasteiger charge is 1.92. The molecular formula is C18H25O. The molecule has 0 bridgehead atoms. The molecule has 1 heteroatoms. The highest BCUT2D eigenvalue weighted by Crippen LogP contribution is 2.08. The predicted octanol–water partition coefficient (Wildman–Crippen LogP) is 5.10. The lowest BCUT2D eigenvalue weighted by molar-refractivity contribution is 0.148. The predicted molar refractivity (Wildman–Crippen MR) is 82.8 cm³/mol. The summed E-state index contributed by atoms with van der Waals surface area (Å²) in [7, 11) is 0. The van der Waals surface area contributed by atoms with Crippen LogP contribution in [0.15, 0.2) is 53.6 Å². The van der Waals surface area contributed by atoms with E-state index in [1.165, 1.54) is 16.7 Å². The summed E-state index contributed by atoms with van der Waals surface area (Å²) in [6, 6.07) is 10.3. The van der Waals surface area contributed by atoms with Gasteiger partial charge in [-0.1, -0.05) is 53.6 Å². The zero-order valence-electron chi connectivity index (χ0n) is 12.2. The fraction of sp³-hybridized carbons (Fsp3) is 0.389. The molecule has 0 amide bonds. The van der Waals surface area contributed by atoms with Gasteiger partial charge in [0.05, 0.1) is 13.2 Å². The van der Waals surface area contributed by atoms with Crippen LogP contribution < -0.4 is 0 Å². The smallest absolute Gasteiger partial charge is 0.0721 e. The van der Waals surface area contributed by atoms with Crippen LogP contribution in [0.5, 0.6) is 0 Å². The molecule has 0 saturated heterocycles. The fourth-order valence-electron chi connectivity index (χ4n) is 1.70. The van der Waals surface area contributed by atoms with E-state index in [1.807, 2.05) is 18.2 Å². The molecule has 19 heavy (non-hydrogen) atoms. The molecule has 0 atom stereocenters. The van der Waals surface area contributed by atoms with Gasteiger partial charge in [0.15, 0.2) is 0 Å². The molecular weight excluding hydrogens is 232 g/mol. The Kier molecular flexibility index (Phi) is 7.92. The van der Waals surface area contributed by atoms with Crippen LogP contribution in [0.3, 0.4) is 0 Å². The van der Waals surface area contributed by atoms with Crippen molar-refractivity contribution in [2.45, 2.75) is 39.7 Å². The van der Waals surface area contributed by atoms with E-state index in [1.54, 1.807) is 0 Å². The fourth-order valence-corrected chi connectivity index (χ4v) is 1.70. The molecule has 0 aliphatic heterocycles. The van der Waals surface area contributed by atoms with Gasteiger partial charge in [0.1, 0.15) is 0 Å². The monoisotopic (exact) mass is 257 g/mol.